The highest BCUT2D eigenvalue weighted by atomic mass is 16.5. The number of methoxy groups -OCH3 is 1. The number of hydrogen-bond acceptors (Lipinski definition) is 5. The van der Waals surface area contributed by atoms with Crippen LogP contribution in [0.25, 0.3) is 0 Å². The van der Waals surface area contributed by atoms with Crippen molar-refractivity contribution in [3.63, 3.8) is 0 Å². The largest absolute Gasteiger partial charge is 0.497 e. The number of benzene rings is 3. The molecule has 0 heterocycles. The number of carbonyl (C=O) groups excluding carboxylic acids is 3. The summed E-state index contributed by atoms with van der Waals surface area (Å²) in [7, 11) is 1.59. The van der Waals surface area contributed by atoms with E-state index < -0.39 is 12.6 Å². The second-order valence-corrected chi connectivity index (χ2v) is 8.08. The summed E-state index contributed by atoms with van der Waals surface area (Å²) in [5.41, 5.74) is 3.10. The summed E-state index contributed by atoms with van der Waals surface area (Å²) in [4.78, 5) is 37.5. The van der Waals surface area contributed by atoms with Crippen LogP contribution in [0.4, 0.5) is 0 Å². The fourth-order valence-corrected chi connectivity index (χ4v) is 3.64. The summed E-state index contributed by atoms with van der Waals surface area (Å²) in [5, 5.41) is 11.9. The molecule has 3 rings (SSSR count). The quantitative estimate of drug-likeness (QED) is 0.405. The molecule has 2 N–H and O–H groups in total. The Labute approximate surface area is 199 Å². The second kappa shape index (κ2) is 12.5. The first-order valence-electron chi connectivity index (χ1n) is 11.2. The summed E-state index contributed by atoms with van der Waals surface area (Å²) < 4.78 is 5.20. The van der Waals surface area contributed by atoms with Gasteiger partial charge >= 0.3 is 0 Å². The molecular formula is C28H29NO5. The van der Waals surface area contributed by atoms with Gasteiger partial charge in [-0.15, -0.1) is 0 Å². The molecule has 1 amide bonds. The maximum atomic E-state index is 13.2. The van der Waals surface area contributed by atoms with E-state index in [2.05, 4.69) is 5.32 Å². The Kier molecular flexibility index (Phi) is 9.12. The lowest BCUT2D eigenvalue weighted by Crippen LogP contribution is -2.43. The number of Topliss-reactive ketones (excluding diaryl/α,β-unsaturated/α-hetero) is 2. The molecule has 3 aromatic rings. The van der Waals surface area contributed by atoms with Crippen molar-refractivity contribution in [2.45, 2.75) is 31.7 Å². The van der Waals surface area contributed by atoms with Crippen molar-refractivity contribution in [1.29, 1.82) is 0 Å². The maximum absolute atomic E-state index is 13.2. The van der Waals surface area contributed by atoms with E-state index in [0.717, 1.165) is 22.4 Å². The Morgan fingerprint density at radius 1 is 0.853 bits per heavy atom. The lowest BCUT2D eigenvalue weighted by Gasteiger charge is -2.18. The molecule has 0 aliphatic carbocycles. The van der Waals surface area contributed by atoms with E-state index in [1.54, 1.807) is 31.4 Å². The third-order valence-electron chi connectivity index (χ3n) is 5.60. The van der Waals surface area contributed by atoms with Crippen molar-refractivity contribution < 1.29 is 24.2 Å². The van der Waals surface area contributed by atoms with Crippen LogP contribution in [0.2, 0.25) is 0 Å². The van der Waals surface area contributed by atoms with Crippen molar-refractivity contribution in [2.24, 2.45) is 0 Å². The zero-order chi connectivity index (χ0) is 24.3. The summed E-state index contributed by atoms with van der Waals surface area (Å²) in [6, 6.07) is 23.0. The average Bonchev–Trinajstić information content (AvgIpc) is 2.88. The number of aliphatic hydroxyl groups excluding tert-OH is 1. The zero-order valence-electron chi connectivity index (χ0n) is 19.2. The first-order valence-corrected chi connectivity index (χ1v) is 11.2. The average molecular weight is 460 g/mol. The summed E-state index contributed by atoms with van der Waals surface area (Å²) in [5.74, 6) is 0.0432. The van der Waals surface area contributed by atoms with Crippen LogP contribution in [-0.2, 0) is 28.9 Å². The molecule has 0 saturated carbocycles. The molecule has 0 spiro atoms. The van der Waals surface area contributed by atoms with Gasteiger partial charge in [-0.3, -0.25) is 14.4 Å². The van der Waals surface area contributed by atoms with Crippen LogP contribution in [0.15, 0.2) is 78.9 Å². The topological polar surface area (TPSA) is 92.7 Å². The van der Waals surface area contributed by atoms with E-state index in [1.165, 1.54) is 0 Å². The minimum Gasteiger partial charge on any atom is -0.497 e. The predicted octanol–water partition coefficient (Wildman–Crippen LogP) is 3.34. The summed E-state index contributed by atoms with van der Waals surface area (Å²) in [6.07, 6.45) is 1.36. The molecule has 34 heavy (non-hydrogen) atoms. The molecule has 0 saturated heterocycles. The highest BCUT2D eigenvalue weighted by Crippen LogP contribution is 2.15. The number of ketones is 2. The molecule has 0 radical (unpaired) electrons. The van der Waals surface area contributed by atoms with E-state index in [9.17, 15) is 14.4 Å². The zero-order valence-corrected chi connectivity index (χ0v) is 19.2. The van der Waals surface area contributed by atoms with Crippen LogP contribution in [-0.4, -0.2) is 42.3 Å². The number of aliphatic hydroxyl groups is 1. The van der Waals surface area contributed by atoms with Gasteiger partial charge < -0.3 is 15.2 Å². The standard InChI is InChI=1S/C28H29NO5/c1-34-24-14-9-21(10-15-24)17-25(29-28(33)16-11-20-5-3-2-4-6-20)26(31)18-22-7-12-23(13-8-22)27(32)19-30/h2-10,12-15,25,30H,11,16-19H2,1H3,(H,29,33)/t25-/m0/s1. The van der Waals surface area contributed by atoms with Gasteiger partial charge in [-0.05, 0) is 41.7 Å². The smallest absolute Gasteiger partial charge is 0.220 e. The van der Waals surface area contributed by atoms with Gasteiger partial charge in [0, 0.05) is 18.4 Å². The molecule has 0 aliphatic heterocycles. The SMILES string of the molecule is COc1ccc(C[C@H](NC(=O)CCc2ccccc2)C(=O)Cc2ccc(C(=O)CO)cc2)cc1. The fraction of sp³-hybridized carbons (Fsp3) is 0.250. The van der Waals surface area contributed by atoms with Gasteiger partial charge in [0.1, 0.15) is 12.4 Å². The summed E-state index contributed by atoms with van der Waals surface area (Å²) >= 11 is 0. The number of aryl methyl sites for hydroxylation is 1. The number of hydrogen-bond donors (Lipinski definition) is 2. The third-order valence-corrected chi connectivity index (χ3v) is 5.60. The number of rotatable bonds is 12. The monoisotopic (exact) mass is 459 g/mol. The Bertz CT molecular complexity index is 1090. The second-order valence-electron chi connectivity index (χ2n) is 8.08. The Morgan fingerprint density at radius 3 is 2.12 bits per heavy atom. The van der Waals surface area contributed by atoms with E-state index in [1.807, 2.05) is 54.6 Å². The van der Waals surface area contributed by atoms with Gasteiger partial charge in [-0.1, -0.05) is 66.7 Å². The van der Waals surface area contributed by atoms with Gasteiger partial charge in [0.2, 0.25) is 5.91 Å². The Balaban J connectivity index is 1.69. The van der Waals surface area contributed by atoms with E-state index >= 15 is 0 Å². The van der Waals surface area contributed by atoms with Crippen LogP contribution in [0, 0.1) is 0 Å². The molecule has 0 aromatic heterocycles. The van der Waals surface area contributed by atoms with Crippen molar-refractivity contribution in [2.75, 3.05) is 13.7 Å². The number of nitrogens with one attached hydrogen (secondary N) is 1. The van der Waals surface area contributed by atoms with Gasteiger partial charge in [-0.2, -0.15) is 0 Å². The van der Waals surface area contributed by atoms with Gasteiger partial charge in [0.15, 0.2) is 11.6 Å². The predicted molar refractivity (Wildman–Crippen MR) is 130 cm³/mol. The Morgan fingerprint density at radius 2 is 1.50 bits per heavy atom. The molecule has 0 fully saturated rings. The molecule has 6 heteroatoms. The van der Waals surface area contributed by atoms with Crippen molar-refractivity contribution in [3.8, 4) is 5.75 Å². The summed E-state index contributed by atoms with van der Waals surface area (Å²) in [6.45, 7) is -0.558. The van der Waals surface area contributed by atoms with E-state index in [-0.39, 0.29) is 30.3 Å². The molecule has 6 nitrogen and oxygen atoms in total. The molecule has 0 unspecified atom stereocenters. The van der Waals surface area contributed by atoms with Crippen LogP contribution in [0.3, 0.4) is 0 Å². The first-order chi connectivity index (χ1) is 16.5. The van der Waals surface area contributed by atoms with E-state index in [0.29, 0.717) is 18.4 Å². The molecule has 3 aromatic carbocycles. The van der Waals surface area contributed by atoms with Crippen LogP contribution in [0.5, 0.6) is 5.75 Å². The Hall–Kier alpha value is -3.77. The van der Waals surface area contributed by atoms with Crippen LogP contribution >= 0.6 is 0 Å². The van der Waals surface area contributed by atoms with Crippen molar-refractivity contribution in [3.05, 3.63) is 101 Å². The van der Waals surface area contributed by atoms with E-state index in [4.69, 9.17) is 9.84 Å². The highest BCUT2D eigenvalue weighted by molar-refractivity contribution is 5.97. The molecule has 1 atom stereocenters. The van der Waals surface area contributed by atoms with Gasteiger partial charge in [-0.25, -0.2) is 0 Å². The molecule has 0 bridgehead atoms. The number of carbonyl (C=O) groups is 3. The van der Waals surface area contributed by atoms with Crippen LogP contribution < -0.4 is 10.1 Å². The minimum absolute atomic E-state index is 0.118. The normalized spacial score (nSPS) is 11.5. The highest BCUT2D eigenvalue weighted by Gasteiger charge is 2.22. The molecular weight excluding hydrogens is 430 g/mol. The molecule has 0 aliphatic rings. The number of ether oxygens (including phenoxy) is 1. The fourth-order valence-electron chi connectivity index (χ4n) is 3.64. The van der Waals surface area contributed by atoms with Gasteiger partial charge in [0.05, 0.1) is 13.2 Å². The maximum Gasteiger partial charge on any atom is 0.220 e. The molecule has 176 valence electrons. The minimum atomic E-state index is -0.685. The first kappa shape index (κ1) is 24.9. The van der Waals surface area contributed by atoms with Crippen LogP contribution in [0.1, 0.15) is 33.5 Å². The third kappa shape index (κ3) is 7.39. The van der Waals surface area contributed by atoms with Crippen molar-refractivity contribution in [1.82, 2.24) is 5.32 Å². The number of amides is 1. The van der Waals surface area contributed by atoms with Gasteiger partial charge in [0.25, 0.3) is 0 Å². The lowest BCUT2D eigenvalue weighted by molar-refractivity contribution is -0.127. The lowest BCUT2D eigenvalue weighted by atomic mass is 9.96. The van der Waals surface area contributed by atoms with Crippen molar-refractivity contribution >= 4 is 17.5 Å².